The molecule has 3 saturated heterocycles. The van der Waals surface area contributed by atoms with Gasteiger partial charge in [-0.05, 0) is 68.6 Å². The molecule has 26 heavy (non-hydrogen) atoms. The first-order chi connectivity index (χ1) is 12.1. The number of nitriles is 1. The van der Waals surface area contributed by atoms with E-state index in [1.807, 2.05) is 25.1 Å². The highest BCUT2D eigenvalue weighted by Gasteiger charge is 2.60. The fourth-order valence-electron chi connectivity index (χ4n) is 4.99. The van der Waals surface area contributed by atoms with Crippen LogP contribution in [0.25, 0.3) is 10.1 Å². The Hall–Kier alpha value is -1.61. The van der Waals surface area contributed by atoms with Gasteiger partial charge in [0.05, 0.1) is 21.2 Å². The van der Waals surface area contributed by atoms with E-state index in [4.69, 9.17) is 0 Å². The van der Waals surface area contributed by atoms with Crippen LogP contribution in [0.3, 0.4) is 0 Å². The van der Waals surface area contributed by atoms with Gasteiger partial charge in [0.1, 0.15) is 6.07 Å². The molecule has 1 atom stereocenters. The SMILES string of the molecule is Cc1ccc2cc(C(=O)N[C@@H]3C4CCN(CC4)C34CC4)sc2c1C#N.Cl. The summed E-state index contributed by atoms with van der Waals surface area (Å²) in [5.74, 6) is 0.663. The van der Waals surface area contributed by atoms with Gasteiger partial charge in [-0.15, -0.1) is 23.7 Å². The minimum Gasteiger partial charge on any atom is -0.346 e. The quantitative estimate of drug-likeness (QED) is 0.851. The predicted molar refractivity (Wildman–Crippen MR) is 106 cm³/mol. The molecule has 6 heteroatoms. The van der Waals surface area contributed by atoms with Crippen molar-refractivity contribution >= 4 is 39.7 Å². The van der Waals surface area contributed by atoms with Crippen LogP contribution in [0.1, 0.15) is 46.5 Å². The summed E-state index contributed by atoms with van der Waals surface area (Å²) >= 11 is 1.45. The Kier molecular flexibility index (Phi) is 4.26. The maximum atomic E-state index is 13.0. The van der Waals surface area contributed by atoms with E-state index in [2.05, 4.69) is 16.3 Å². The van der Waals surface area contributed by atoms with E-state index < -0.39 is 0 Å². The highest BCUT2D eigenvalue weighted by Crippen LogP contribution is 2.53. The topological polar surface area (TPSA) is 56.1 Å². The van der Waals surface area contributed by atoms with E-state index in [1.165, 1.54) is 50.1 Å². The van der Waals surface area contributed by atoms with E-state index >= 15 is 0 Å². The van der Waals surface area contributed by atoms with Gasteiger partial charge in [-0.2, -0.15) is 5.26 Å². The minimum atomic E-state index is 0. The monoisotopic (exact) mass is 387 g/mol. The van der Waals surface area contributed by atoms with Gasteiger partial charge in [0, 0.05) is 5.54 Å². The molecule has 1 aliphatic carbocycles. The largest absolute Gasteiger partial charge is 0.346 e. The average molecular weight is 388 g/mol. The second-order valence-corrected chi connectivity index (χ2v) is 8.83. The highest BCUT2D eigenvalue weighted by molar-refractivity contribution is 7.21. The van der Waals surface area contributed by atoms with Gasteiger partial charge in [0.25, 0.3) is 5.91 Å². The van der Waals surface area contributed by atoms with Crippen LogP contribution in [0.5, 0.6) is 0 Å². The second kappa shape index (κ2) is 6.23. The van der Waals surface area contributed by atoms with Crippen molar-refractivity contribution in [2.75, 3.05) is 13.1 Å². The number of amides is 1. The van der Waals surface area contributed by atoms with Crippen LogP contribution < -0.4 is 5.32 Å². The molecule has 0 unspecified atom stereocenters. The Morgan fingerprint density at radius 1 is 1.35 bits per heavy atom. The van der Waals surface area contributed by atoms with Gasteiger partial charge in [0.15, 0.2) is 0 Å². The number of halogens is 1. The Labute approximate surface area is 163 Å². The maximum absolute atomic E-state index is 13.0. The molecule has 2 aromatic rings. The van der Waals surface area contributed by atoms with Crippen LogP contribution in [0.15, 0.2) is 18.2 Å². The van der Waals surface area contributed by atoms with E-state index in [1.54, 1.807) is 0 Å². The molecule has 1 saturated carbocycles. The van der Waals surface area contributed by atoms with Crippen molar-refractivity contribution < 1.29 is 4.79 Å². The molecule has 136 valence electrons. The number of aryl methyl sites for hydroxylation is 1. The van der Waals surface area contributed by atoms with Gasteiger partial charge in [-0.25, -0.2) is 0 Å². The predicted octanol–water partition coefficient (Wildman–Crippen LogP) is 3.86. The summed E-state index contributed by atoms with van der Waals surface area (Å²) in [6.07, 6.45) is 4.85. The van der Waals surface area contributed by atoms with Crippen molar-refractivity contribution in [3.05, 3.63) is 34.2 Å². The number of carbonyl (C=O) groups is 1. The lowest BCUT2D eigenvalue weighted by molar-refractivity contribution is -0.00138. The Balaban J connectivity index is 0.00000168. The van der Waals surface area contributed by atoms with Crippen molar-refractivity contribution in [2.45, 2.75) is 44.2 Å². The maximum Gasteiger partial charge on any atom is 0.261 e. The number of hydrogen-bond donors (Lipinski definition) is 1. The normalized spacial score (nSPS) is 27.8. The van der Waals surface area contributed by atoms with E-state index in [0.717, 1.165) is 20.5 Å². The molecule has 2 bridgehead atoms. The summed E-state index contributed by atoms with van der Waals surface area (Å²) in [5, 5.41) is 13.8. The molecule has 4 aliphatic rings. The van der Waals surface area contributed by atoms with Crippen LogP contribution in [0, 0.1) is 24.2 Å². The molecule has 4 fully saturated rings. The molecule has 1 spiro atoms. The van der Waals surface area contributed by atoms with Crippen molar-refractivity contribution in [3.8, 4) is 6.07 Å². The summed E-state index contributed by atoms with van der Waals surface area (Å²) in [7, 11) is 0. The average Bonchev–Trinajstić information content (AvgIpc) is 3.28. The van der Waals surface area contributed by atoms with Crippen molar-refractivity contribution in [1.82, 2.24) is 10.2 Å². The lowest BCUT2D eigenvalue weighted by Crippen LogP contribution is -2.65. The first-order valence-corrected chi connectivity index (χ1v) is 9.93. The minimum absolute atomic E-state index is 0. The fraction of sp³-hybridized carbons (Fsp3) is 0.500. The zero-order chi connectivity index (χ0) is 17.2. The molecule has 0 radical (unpaired) electrons. The van der Waals surface area contributed by atoms with E-state index in [0.29, 0.717) is 17.5 Å². The molecular formula is C20H22ClN3OS. The van der Waals surface area contributed by atoms with Crippen molar-refractivity contribution in [2.24, 2.45) is 5.92 Å². The highest BCUT2D eigenvalue weighted by atomic mass is 35.5. The third kappa shape index (κ3) is 2.47. The van der Waals surface area contributed by atoms with Crippen LogP contribution in [-0.4, -0.2) is 35.5 Å². The zero-order valence-corrected chi connectivity index (χ0v) is 16.4. The number of fused-ring (bicyclic) bond motifs is 3. The Bertz CT molecular complexity index is 919. The summed E-state index contributed by atoms with van der Waals surface area (Å²) < 4.78 is 0.933. The molecule has 4 nitrogen and oxygen atoms in total. The summed E-state index contributed by atoms with van der Waals surface area (Å²) in [4.78, 5) is 16.3. The van der Waals surface area contributed by atoms with Crippen molar-refractivity contribution in [3.63, 3.8) is 0 Å². The number of nitrogens with one attached hydrogen (secondary N) is 1. The smallest absolute Gasteiger partial charge is 0.261 e. The van der Waals surface area contributed by atoms with Gasteiger partial charge < -0.3 is 5.32 Å². The summed E-state index contributed by atoms with van der Waals surface area (Å²) in [6, 6.07) is 8.50. The van der Waals surface area contributed by atoms with Gasteiger partial charge in [-0.1, -0.05) is 12.1 Å². The third-order valence-electron chi connectivity index (χ3n) is 6.50. The molecule has 1 aromatic heterocycles. The van der Waals surface area contributed by atoms with Crippen LogP contribution in [-0.2, 0) is 0 Å². The van der Waals surface area contributed by atoms with E-state index in [-0.39, 0.29) is 23.9 Å². The van der Waals surface area contributed by atoms with Crippen LogP contribution >= 0.6 is 23.7 Å². The van der Waals surface area contributed by atoms with Crippen molar-refractivity contribution in [1.29, 1.82) is 5.26 Å². The molecule has 6 rings (SSSR count). The first kappa shape index (κ1) is 17.8. The van der Waals surface area contributed by atoms with E-state index in [9.17, 15) is 10.1 Å². The van der Waals surface area contributed by atoms with Gasteiger partial charge >= 0.3 is 0 Å². The number of carbonyl (C=O) groups excluding carboxylic acids is 1. The molecule has 1 amide bonds. The second-order valence-electron chi connectivity index (χ2n) is 7.78. The number of benzene rings is 1. The zero-order valence-electron chi connectivity index (χ0n) is 14.7. The standard InChI is InChI=1S/C20H21N3OS.ClH/c1-12-2-3-14-10-16(25-17(14)15(12)11-21)19(24)22-18-13-4-8-23(9-5-13)20(18)6-7-20;/h2-3,10,13,18H,4-9H2,1H3,(H,22,24);1H/t18-;/m1./s1. The summed E-state index contributed by atoms with van der Waals surface area (Å²) in [5.41, 5.74) is 1.92. The first-order valence-electron chi connectivity index (χ1n) is 9.11. The van der Waals surface area contributed by atoms with Crippen LogP contribution in [0.2, 0.25) is 0 Å². The number of thiophene rings is 1. The Morgan fingerprint density at radius 2 is 2.08 bits per heavy atom. The number of rotatable bonds is 2. The Morgan fingerprint density at radius 3 is 2.73 bits per heavy atom. The number of piperidine rings is 3. The summed E-state index contributed by atoms with van der Waals surface area (Å²) in [6.45, 7) is 4.34. The fourth-order valence-corrected chi connectivity index (χ4v) is 6.10. The van der Waals surface area contributed by atoms with Gasteiger partial charge in [0.2, 0.25) is 0 Å². The molecule has 1 N–H and O–H groups in total. The lowest BCUT2D eigenvalue weighted by atomic mass is 9.77. The molecule has 3 aliphatic heterocycles. The third-order valence-corrected chi connectivity index (χ3v) is 7.67. The molecular weight excluding hydrogens is 366 g/mol. The number of nitrogens with zero attached hydrogens (tertiary/aromatic N) is 2. The molecule has 4 heterocycles. The van der Waals surface area contributed by atoms with Crippen LogP contribution in [0.4, 0.5) is 0 Å². The van der Waals surface area contributed by atoms with Gasteiger partial charge in [-0.3, -0.25) is 9.69 Å². The number of hydrogen-bond acceptors (Lipinski definition) is 4. The molecule has 1 aromatic carbocycles. The lowest BCUT2D eigenvalue weighted by Gasteiger charge is -2.52.